The van der Waals surface area contributed by atoms with Crippen LogP contribution in [0.25, 0.3) is 0 Å². The van der Waals surface area contributed by atoms with Crippen LogP contribution in [0.5, 0.6) is 0 Å². The fourth-order valence-electron chi connectivity index (χ4n) is 4.29. The quantitative estimate of drug-likeness (QED) is 0.846. The highest BCUT2D eigenvalue weighted by atomic mass is 16.2. The molecule has 3 aliphatic rings. The number of rotatable bonds is 4. The summed E-state index contributed by atoms with van der Waals surface area (Å²) >= 11 is 0. The summed E-state index contributed by atoms with van der Waals surface area (Å²) in [7, 11) is 0. The van der Waals surface area contributed by atoms with E-state index in [1.807, 2.05) is 0 Å². The van der Waals surface area contributed by atoms with E-state index in [1.54, 1.807) is 0 Å². The molecule has 20 heavy (non-hydrogen) atoms. The molecule has 0 aromatic heterocycles. The number of nitrogens with one attached hydrogen (secondary N) is 1. The van der Waals surface area contributed by atoms with Crippen LogP contribution >= 0.6 is 0 Å². The lowest BCUT2D eigenvalue weighted by Gasteiger charge is -2.44. The largest absolute Gasteiger partial charge is 0.342 e. The third kappa shape index (κ3) is 3.34. The van der Waals surface area contributed by atoms with Crippen molar-refractivity contribution in [2.24, 2.45) is 5.41 Å². The predicted molar refractivity (Wildman–Crippen MR) is 80.6 cm³/mol. The van der Waals surface area contributed by atoms with Crippen molar-refractivity contribution in [1.29, 1.82) is 0 Å². The molecule has 1 amide bonds. The molecule has 3 rings (SSSR count). The zero-order valence-corrected chi connectivity index (χ0v) is 12.7. The van der Waals surface area contributed by atoms with Gasteiger partial charge in [-0.3, -0.25) is 4.79 Å². The lowest BCUT2D eigenvalue weighted by Crippen LogP contribution is -2.51. The van der Waals surface area contributed by atoms with Gasteiger partial charge in [0.15, 0.2) is 0 Å². The molecule has 0 aromatic rings. The van der Waals surface area contributed by atoms with Crippen molar-refractivity contribution in [3.63, 3.8) is 0 Å². The van der Waals surface area contributed by atoms with Gasteiger partial charge < -0.3 is 15.1 Å². The summed E-state index contributed by atoms with van der Waals surface area (Å²) in [5.74, 6) is 0.398. The fraction of sp³-hybridized carbons (Fsp3) is 0.938. The van der Waals surface area contributed by atoms with Gasteiger partial charge in [0.2, 0.25) is 5.91 Å². The highest BCUT2D eigenvalue weighted by Gasteiger charge is 2.37. The number of carbonyl (C=O) groups is 1. The molecule has 114 valence electrons. The van der Waals surface area contributed by atoms with Gasteiger partial charge >= 0.3 is 0 Å². The molecule has 0 unspecified atom stereocenters. The SMILES string of the molecule is O=C1CCCN1CC1(CN2CCNCC2)CCCCC1. The number of carbonyl (C=O) groups excluding carboxylic acids is 1. The van der Waals surface area contributed by atoms with Crippen LogP contribution in [0.4, 0.5) is 0 Å². The first-order valence-electron chi connectivity index (χ1n) is 8.48. The Morgan fingerprint density at radius 1 is 0.950 bits per heavy atom. The number of nitrogens with zero attached hydrogens (tertiary/aromatic N) is 2. The van der Waals surface area contributed by atoms with Gasteiger partial charge in [-0.1, -0.05) is 19.3 Å². The first kappa shape index (κ1) is 14.3. The van der Waals surface area contributed by atoms with Crippen LogP contribution in [0.1, 0.15) is 44.9 Å². The van der Waals surface area contributed by atoms with Crippen molar-refractivity contribution in [3.05, 3.63) is 0 Å². The normalized spacial score (nSPS) is 28.0. The maximum atomic E-state index is 12.0. The van der Waals surface area contributed by atoms with Gasteiger partial charge in [-0.05, 0) is 19.3 Å². The Labute approximate surface area is 122 Å². The van der Waals surface area contributed by atoms with E-state index in [0.29, 0.717) is 11.3 Å². The lowest BCUT2D eigenvalue weighted by molar-refractivity contribution is -0.129. The zero-order chi connectivity index (χ0) is 13.8. The van der Waals surface area contributed by atoms with E-state index in [9.17, 15) is 4.79 Å². The zero-order valence-electron chi connectivity index (χ0n) is 12.7. The highest BCUT2D eigenvalue weighted by Crippen LogP contribution is 2.38. The second kappa shape index (κ2) is 6.44. The van der Waals surface area contributed by atoms with E-state index in [2.05, 4.69) is 15.1 Å². The summed E-state index contributed by atoms with van der Waals surface area (Å²) in [5, 5.41) is 3.44. The number of amides is 1. The molecular formula is C16H29N3O. The summed E-state index contributed by atoms with van der Waals surface area (Å²) < 4.78 is 0. The molecule has 3 fully saturated rings. The van der Waals surface area contributed by atoms with Gasteiger partial charge in [0.05, 0.1) is 0 Å². The van der Waals surface area contributed by atoms with E-state index < -0.39 is 0 Å². The summed E-state index contributed by atoms with van der Waals surface area (Å²) in [6, 6.07) is 0. The summed E-state index contributed by atoms with van der Waals surface area (Å²) in [5.41, 5.74) is 0.385. The smallest absolute Gasteiger partial charge is 0.222 e. The van der Waals surface area contributed by atoms with Gasteiger partial charge in [0.25, 0.3) is 0 Å². The molecule has 0 radical (unpaired) electrons. The standard InChI is InChI=1S/C16H29N3O/c20-15-5-4-10-19(15)14-16(6-2-1-3-7-16)13-18-11-8-17-9-12-18/h17H,1-14H2. The molecule has 4 nitrogen and oxygen atoms in total. The number of hydrogen-bond acceptors (Lipinski definition) is 3. The summed E-state index contributed by atoms with van der Waals surface area (Å²) in [4.78, 5) is 16.8. The van der Waals surface area contributed by atoms with Crippen LogP contribution in [0.15, 0.2) is 0 Å². The maximum Gasteiger partial charge on any atom is 0.222 e. The Morgan fingerprint density at radius 2 is 1.70 bits per heavy atom. The van der Waals surface area contributed by atoms with Gasteiger partial charge in [-0.25, -0.2) is 0 Å². The monoisotopic (exact) mass is 279 g/mol. The molecule has 2 heterocycles. The molecule has 1 aliphatic carbocycles. The molecule has 0 bridgehead atoms. The number of piperazine rings is 1. The van der Waals surface area contributed by atoms with Crippen molar-refractivity contribution < 1.29 is 4.79 Å². The van der Waals surface area contributed by atoms with Crippen LogP contribution < -0.4 is 5.32 Å². The Kier molecular flexibility index (Phi) is 4.61. The van der Waals surface area contributed by atoms with Gasteiger partial charge in [0, 0.05) is 57.6 Å². The molecule has 2 aliphatic heterocycles. The minimum atomic E-state index is 0.385. The third-order valence-corrected chi connectivity index (χ3v) is 5.38. The van der Waals surface area contributed by atoms with E-state index in [-0.39, 0.29) is 0 Å². The van der Waals surface area contributed by atoms with Crippen molar-refractivity contribution in [2.45, 2.75) is 44.9 Å². The van der Waals surface area contributed by atoms with Crippen molar-refractivity contribution in [3.8, 4) is 0 Å². The topological polar surface area (TPSA) is 35.6 Å². The van der Waals surface area contributed by atoms with Crippen molar-refractivity contribution >= 4 is 5.91 Å². The molecule has 0 spiro atoms. The average Bonchev–Trinajstić information content (AvgIpc) is 2.86. The summed E-state index contributed by atoms with van der Waals surface area (Å²) in [6.45, 7) is 7.83. The first-order chi connectivity index (χ1) is 9.77. The second-order valence-corrected chi connectivity index (χ2v) is 7.01. The van der Waals surface area contributed by atoms with E-state index in [0.717, 1.165) is 39.0 Å². The van der Waals surface area contributed by atoms with E-state index >= 15 is 0 Å². The number of likely N-dealkylation sites (tertiary alicyclic amines) is 1. The van der Waals surface area contributed by atoms with E-state index in [1.165, 1.54) is 51.7 Å². The minimum absolute atomic E-state index is 0.385. The molecule has 0 atom stereocenters. The first-order valence-corrected chi connectivity index (χ1v) is 8.48. The Bertz CT molecular complexity index is 333. The van der Waals surface area contributed by atoms with Crippen LogP contribution in [0, 0.1) is 5.41 Å². The molecule has 1 N–H and O–H groups in total. The fourth-order valence-corrected chi connectivity index (χ4v) is 4.29. The van der Waals surface area contributed by atoms with Crippen LogP contribution in [-0.2, 0) is 4.79 Å². The second-order valence-electron chi connectivity index (χ2n) is 7.01. The molecular weight excluding hydrogens is 250 g/mol. The Balaban J connectivity index is 1.65. The summed E-state index contributed by atoms with van der Waals surface area (Å²) in [6.07, 6.45) is 8.59. The van der Waals surface area contributed by atoms with Crippen LogP contribution in [-0.4, -0.2) is 61.5 Å². The lowest BCUT2D eigenvalue weighted by atomic mass is 9.73. The molecule has 1 saturated carbocycles. The number of hydrogen-bond donors (Lipinski definition) is 1. The molecule has 2 saturated heterocycles. The van der Waals surface area contributed by atoms with Crippen LogP contribution in [0.3, 0.4) is 0 Å². The highest BCUT2D eigenvalue weighted by molar-refractivity contribution is 5.78. The van der Waals surface area contributed by atoms with Gasteiger partial charge in [-0.15, -0.1) is 0 Å². The third-order valence-electron chi connectivity index (χ3n) is 5.38. The minimum Gasteiger partial charge on any atom is -0.342 e. The Hall–Kier alpha value is -0.610. The van der Waals surface area contributed by atoms with Crippen molar-refractivity contribution in [1.82, 2.24) is 15.1 Å². The molecule has 4 heteroatoms. The van der Waals surface area contributed by atoms with Gasteiger partial charge in [0.1, 0.15) is 0 Å². The molecule has 0 aromatic carbocycles. The average molecular weight is 279 g/mol. The van der Waals surface area contributed by atoms with Crippen LogP contribution in [0.2, 0.25) is 0 Å². The Morgan fingerprint density at radius 3 is 2.35 bits per heavy atom. The van der Waals surface area contributed by atoms with Crippen molar-refractivity contribution in [2.75, 3.05) is 45.8 Å². The predicted octanol–water partition coefficient (Wildman–Crippen LogP) is 1.46. The van der Waals surface area contributed by atoms with Gasteiger partial charge in [-0.2, -0.15) is 0 Å². The maximum absolute atomic E-state index is 12.0. The van der Waals surface area contributed by atoms with E-state index in [4.69, 9.17) is 0 Å².